The Bertz CT molecular complexity index is 337. The van der Waals surface area contributed by atoms with Gasteiger partial charge in [-0.25, -0.2) is 0 Å². The van der Waals surface area contributed by atoms with Crippen LogP contribution in [0.2, 0.25) is 0 Å². The third-order valence-corrected chi connectivity index (χ3v) is 2.92. The number of rotatable bonds is 5. The second kappa shape index (κ2) is 5.87. The second-order valence-corrected chi connectivity index (χ2v) is 4.41. The van der Waals surface area contributed by atoms with Crippen molar-refractivity contribution < 1.29 is 4.74 Å². The van der Waals surface area contributed by atoms with Gasteiger partial charge in [0.2, 0.25) is 0 Å². The number of benzene rings is 1. The van der Waals surface area contributed by atoms with E-state index in [-0.39, 0.29) is 6.04 Å². The van der Waals surface area contributed by atoms with E-state index in [9.17, 15) is 0 Å². The minimum absolute atomic E-state index is 0.265. The Hall–Kier alpha value is -1.06. The van der Waals surface area contributed by atoms with Crippen molar-refractivity contribution in [1.29, 1.82) is 0 Å². The third kappa shape index (κ3) is 3.51. The predicted octanol–water partition coefficient (Wildman–Crippen LogP) is 1.57. The van der Waals surface area contributed by atoms with Crippen LogP contribution < -0.4 is 10.5 Å². The van der Waals surface area contributed by atoms with Crippen molar-refractivity contribution >= 4 is 0 Å². The summed E-state index contributed by atoms with van der Waals surface area (Å²) in [7, 11) is 4.03. The fraction of sp³-hybridized carbons (Fsp3) is 0.538. The zero-order chi connectivity index (χ0) is 12.1. The fourth-order valence-electron chi connectivity index (χ4n) is 1.42. The van der Waals surface area contributed by atoms with Crippen LogP contribution in [-0.4, -0.2) is 38.2 Å². The minimum atomic E-state index is 0.265. The summed E-state index contributed by atoms with van der Waals surface area (Å²) in [5.41, 5.74) is 8.21. The lowest BCUT2D eigenvalue weighted by Gasteiger charge is -2.22. The number of ether oxygens (including phenoxy) is 1. The zero-order valence-electron chi connectivity index (χ0n) is 10.7. The molecule has 0 amide bonds. The molecule has 3 nitrogen and oxygen atoms in total. The largest absolute Gasteiger partial charge is 0.492 e. The van der Waals surface area contributed by atoms with Crippen molar-refractivity contribution in [2.24, 2.45) is 5.73 Å². The van der Waals surface area contributed by atoms with E-state index >= 15 is 0 Å². The number of nitrogens with zero attached hydrogens (tertiary/aromatic N) is 1. The highest BCUT2D eigenvalue weighted by Gasteiger charge is 2.09. The molecule has 1 aromatic carbocycles. The molecule has 2 N–H and O–H groups in total. The predicted molar refractivity (Wildman–Crippen MR) is 67.9 cm³/mol. The van der Waals surface area contributed by atoms with Gasteiger partial charge >= 0.3 is 0 Å². The van der Waals surface area contributed by atoms with Crippen molar-refractivity contribution in [2.45, 2.75) is 19.9 Å². The first kappa shape index (κ1) is 13.0. The Morgan fingerprint density at radius 1 is 1.25 bits per heavy atom. The SMILES string of the molecule is Cc1ccc(OCC(CN)N(C)C)cc1C. The maximum Gasteiger partial charge on any atom is 0.119 e. The topological polar surface area (TPSA) is 38.5 Å². The highest BCUT2D eigenvalue weighted by molar-refractivity contribution is 5.33. The molecular formula is C13H22N2O. The van der Waals surface area contributed by atoms with Crippen molar-refractivity contribution in [3.63, 3.8) is 0 Å². The summed E-state index contributed by atoms with van der Waals surface area (Å²) >= 11 is 0. The number of nitrogens with two attached hydrogens (primary N) is 1. The number of aryl methyl sites for hydroxylation is 2. The molecule has 0 aliphatic rings. The molecule has 16 heavy (non-hydrogen) atoms. The molecule has 0 aromatic heterocycles. The monoisotopic (exact) mass is 222 g/mol. The quantitative estimate of drug-likeness (QED) is 0.822. The second-order valence-electron chi connectivity index (χ2n) is 4.41. The lowest BCUT2D eigenvalue weighted by molar-refractivity contribution is 0.190. The van der Waals surface area contributed by atoms with Gasteiger partial charge in [-0.2, -0.15) is 0 Å². The van der Waals surface area contributed by atoms with Crippen LogP contribution in [0.15, 0.2) is 18.2 Å². The molecular weight excluding hydrogens is 200 g/mol. The van der Waals surface area contributed by atoms with Crippen LogP contribution in [0.4, 0.5) is 0 Å². The minimum Gasteiger partial charge on any atom is -0.492 e. The first-order chi connectivity index (χ1) is 7.54. The highest BCUT2D eigenvalue weighted by atomic mass is 16.5. The maximum absolute atomic E-state index is 5.73. The van der Waals surface area contributed by atoms with Gasteiger partial charge in [-0.15, -0.1) is 0 Å². The summed E-state index contributed by atoms with van der Waals surface area (Å²) in [4.78, 5) is 2.08. The van der Waals surface area contributed by atoms with E-state index < -0.39 is 0 Å². The van der Waals surface area contributed by atoms with Gasteiger partial charge in [-0.05, 0) is 51.2 Å². The van der Waals surface area contributed by atoms with Crippen LogP contribution in [0.1, 0.15) is 11.1 Å². The van der Waals surface area contributed by atoms with Crippen molar-refractivity contribution in [1.82, 2.24) is 4.90 Å². The lowest BCUT2D eigenvalue weighted by Crippen LogP contribution is -2.39. The van der Waals surface area contributed by atoms with Crippen molar-refractivity contribution in [3.05, 3.63) is 29.3 Å². The molecule has 0 saturated carbocycles. The Morgan fingerprint density at radius 2 is 1.94 bits per heavy atom. The highest BCUT2D eigenvalue weighted by Crippen LogP contribution is 2.16. The van der Waals surface area contributed by atoms with Crippen LogP contribution in [-0.2, 0) is 0 Å². The molecule has 90 valence electrons. The van der Waals surface area contributed by atoms with Gasteiger partial charge in [0, 0.05) is 6.54 Å². The van der Waals surface area contributed by atoms with E-state index in [1.54, 1.807) is 0 Å². The summed E-state index contributed by atoms with van der Waals surface area (Å²) in [6.07, 6.45) is 0. The Kier molecular flexibility index (Phi) is 4.77. The van der Waals surface area contributed by atoms with E-state index in [1.807, 2.05) is 20.2 Å². The third-order valence-electron chi connectivity index (χ3n) is 2.92. The molecule has 0 radical (unpaired) electrons. The van der Waals surface area contributed by atoms with Gasteiger partial charge in [0.25, 0.3) is 0 Å². The molecule has 0 aliphatic carbocycles. The molecule has 1 atom stereocenters. The van der Waals surface area contributed by atoms with Crippen LogP contribution in [0, 0.1) is 13.8 Å². The molecule has 0 fully saturated rings. The molecule has 0 heterocycles. The van der Waals surface area contributed by atoms with Crippen molar-refractivity contribution in [3.8, 4) is 5.75 Å². The molecule has 0 saturated heterocycles. The van der Waals surface area contributed by atoms with Gasteiger partial charge < -0.3 is 15.4 Å². The van der Waals surface area contributed by atoms with Gasteiger partial charge in [-0.3, -0.25) is 0 Å². The van der Waals surface area contributed by atoms with E-state index in [0.29, 0.717) is 13.2 Å². The smallest absolute Gasteiger partial charge is 0.119 e. The fourth-order valence-corrected chi connectivity index (χ4v) is 1.42. The van der Waals surface area contributed by atoms with Crippen LogP contribution in [0.3, 0.4) is 0 Å². The normalized spacial score (nSPS) is 12.9. The van der Waals surface area contributed by atoms with E-state index in [0.717, 1.165) is 5.75 Å². The Labute approximate surface area is 98.2 Å². The number of hydrogen-bond donors (Lipinski definition) is 1. The summed E-state index contributed by atoms with van der Waals surface area (Å²) in [5.74, 6) is 0.920. The molecule has 0 bridgehead atoms. The van der Waals surface area contributed by atoms with E-state index in [2.05, 4.69) is 30.9 Å². The first-order valence-corrected chi connectivity index (χ1v) is 5.61. The number of likely N-dealkylation sites (N-methyl/N-ethyl adjacent to an activating group) is 1. The Morgan fingerprint density at radius 3 is 2.44 bits per heavy atom. The van der Waals surface area contributed by atoms with Gasteiger partial charge in [0.05, 0.1) is 6.04 Å². The van der Waals surface area contributed by atoms with E-state index in [4.69, 9.17) is 10.5 Å². The zero-order valence-corrected chi connectivity index (χ0v) is 10.7. The Balaban J connectivity index is 2.57. The van der Waals surface area contributed by atoms with Crippen LogP contribution >= 0.6 is 0 Å². The molecule has 1 rings (SSSR count). The van der Waals surface area contributed by atoms with Gasteiger partial charge in [-0.1, -0.05) is 6.07 Å². The van der Waals surface area contributed by atoms with E-state index in [1.165, 1.54) is 11.1 Å². The van der Waals surface area contributed by atoms with Crippen LogP contribution in [0.25, 0.3) is 0 Å². The molecule has 0 aliphatic heterocycles. The average molecular weight is 222 g/mol. The standard InChI is InChI=1S/C13H22N2O/c1-10-5-6-13(7-11(10)2)16-9-12(8-14)15(3)4/h5-7,12H,8-9,14H2,1-4H3. The molecule has 1 aromatic rings. The summed E-state index contributed by atoms with van der Waals surface area (Å²) < 4.78 is 5.73. The maximum atomic E-state index is 5.73. The summed E-state index contributed by atoms with van der Waals surface area (Å²) in [5, 5.41) is 0. The first-order valence-electron chi connectivity index (χ1n) is 5.61. The lowest BCUT2D eigenvalue weighted by atomic mass is 10.1. The molecule has 0 spiro atoms. The molecule has 3 heteroatoms. The van der Waals surface area contributed by atoms with Crippen LogP contribution in [0.5, 0.6) is 5.75 Å². The number of hydrogen-bond acceptors (Lipinski definition) is 3. The summed E-state index contributed by atoms with van der Waals surface area (Å²) in [6.45, 7) is 5.43. The van der Waals surface area contributed by atoms with Gasteiger partial charge in [0.15, 0.2) is 0 Å². The van der Waals surface area contributed by atoms with Crippen molar-refractivity contribution in [2.75, 3.05) is 27.2 Å². The molecule has 1 unspecified atom stereocenters. The average Bonchev–Trinajstić information content (AvgIpc) is 2.23. The summed E-state index contributed by atoms with van der Waals surface area (Å²) in [6, 6.07) is 6.42. The van der Waals surface area contributed by atoms with Gasteiger partial charge in [0.1, 0.15) is 12.4 Å².